The van der Waals surface area contributed by atoms with Crippen molar-refractivity contribution in [2.45, 2.75) is 10.4 Å². The normalized spacial score (nSPS) is 16.1. The van der Waals surface area contributed by atoms with Gasteiger partial charge in [-0.25, -0.2) is 16.8 Å². The smallest absolute Gasteiger partial charge is 0.305 e. The van der Waals surface area contributed by atoms with Gasteiger partial charge in [0.1, 0.15) is 0 Å². The van der Waals surface area contributed by atoms with Gasteiger partial charge in [-0.2, -0.15) is 13.2 Å². The van der Waals surface area contributed by atoms with Crippen LogP contribution in [0.25, 0.3) is 0 Å². The Kier molecular flexibility index (Phi) is 4.26. The predicted octanol–water partition coefficient (Wildman–Crippen LogP) is 0.717. The Labute approximate surface area is 129 Å². The number of hydrogen-bond donors (Lipinski definition) is 1. The van der Waals surface area contributed by atoms with Gasteiger partial charge in [-0.15, -0.1) is 0 Å². The third-order valence-corrected chi connectivity index (χ3v) is 6.05. The zero-order valence-corrected chi connectivity index (χ0v) is 12.7. The maximum absolute atomic E-state index is 12.2. The number of nitrogens with one attached hydrogen (secondary N) is 1. The SMILES string of the molecule is O=C1C=CCN1c1ccc(S(=O)(=O)NS(=O)(=O)C(F)(F)F)cc1. The van der Waals surface area contributed by atoms with Crippen LogP contribution in [0.2, 0.25) is 0 Å². The lowest BCUT2D eigenvalue weighted by Crippen LogP contribution is -2.40. The van der Waals surface area contributed by atoms with Gasteiger partial charge in [0.15, 0.2) is 0 Å². The number of carbonyl (C=O) groups excluding carboxylic acids is 1. The maximum atomic E-state index is 12.2. The van der Waals surface area contributed by atoms with E-state index < -0.39 is 30.5 Å². The van der Waals surface area contributed by atoms with E-state index in [2.05, 4.69) is 0 Å². The fourth-order valence-corrected chi connectivity index (χ4v) is 4.13. The van der Waals surface area contributed by atoms with Crippen LogP contribution < -0.4 is 9.03 Å². The van der Waals surface area contributed by atoms with Crippen molar-refractivity contribution in [3.8, 4) is 0 Å². The van der Waals surface area contributed by atoms with Crippen LogP contribution in [0.1, 0.15) is 0 Å². The molecule has 1 aliphatic rings. The molecule has 2 rings (SSSR count). The van der Waals surface area contributed by atoms with E-state index in [-0.39, 0.29) is 12.5 Å². The lowest BCUT2D eigenvalue weighted by molar-refractivity contribution is -0.113. The lowest BCUT2D eigenvalue weighted by atomic mass is 10.3. The minimum absolute atomic E-state index is 0.269. The number of carbonyl (C=O) groups is 1. The Morgan fingerprint density at radius 3 is 2.04 bits per heavy atom. The van der Waals surface area contributed by atoms with Crippen LogP contribution in [0.4, 0.5) is 18.9 Å². The number of amides is 1. The molecule has 126 valence electrons. The molecule has 1 amide bonds. The summed E-state index contributed by atoms with van der Waals surface area (Å²) in [7, 11) is -11.0. The molecule has 12 heteroatoms. The fraction of sp³-hybridized carbons (Fsp3) is 0.182. The van der Waals surface area contributed by atoms with Gasteiger partial charge in [-0.05, 0) is 24.3 Å². The van der Waals surface area contributed by atoms with Gasteiger partial charge in [0.2, 0.25) is 0 Å². The predicted molar refractivity (Wildman–Crippen MR) is 73.2 cm³/mol. The van der Waals surface area contributed by atoms with Crippen LogP contribution in [0.3, 0.4) is 0 Å². The molecule has 1 aromatic rings. The minimum Gasteiger partial charge on any atom is -0.305 e. The monoisotopic (exact) mass is 370 g/mol. The summed E-state index contributed by atoms with van der Waals surface area (Å²) in [6.07, 6.45) is 2.88. The van der Waals surface area contributed by atoms with Crippen LogP contribution in [-0.4, -0.2) is 34.8 Å². The van der Waals surface area contributed by atoms with Gasteiger partial charge < -0.3 is 4.90 Å². The average Bonchev–Trinajstić information content (AvgIpc) is 2.82. The van der Waals surface area contributed by atoms with Gasteiger partial charge in [-0.3, -0.25) is 4.79 Å². The second kappa shape index (κ2) is 5.62. The third-order valence-electron chi connectivity index (χ3n) is 2.80. The van der Waals surface area contributed by atoms with Crippen molar-refractivity contribution in [1.29, 1.82) is 0 Å². The molecule has 7 nitrogen and oxygen atoms in total. The van der Waals surface area contributed by atoms with Crippen molar-refractivity contribution in [2.75, 3.05) is 11.4 Å². The quantitative estimate of drug-likeness (QED) is 0.842. The van der Waals surface area contributed by atoms with Crippen molar-refractivity contribution in [3.63, 3.8) is 0 Å². The summed E-state index contributed by atoms with van der Waals surface area (Å²) in [6.45, 7) is 0.269. The minimum atomic E-state index is -6.05. The first-order valence-corrected chi connectivity index (χ1v) is 8.84. The number of nitrogens with zero attached hydrogens (tertiary/aromatic N) is 1. The molecule has 0 aromatic heterocycles. The molecule has 0 unspecified atom stereocenters. The number of sulfonamides is 2. The molecule has 1 aliphatic heterocycles. The van der Waals surface area contributed by atoms with E-state index in [1.807, 2.05) is 0 Å². The summed E-state index contributed by atoms with van der Waals surface area (Å²) in [4.78, 5) is 12.1. The summed E-state index contributed by atoms with van der Waals surface area (Å²) in [5.41, 5.74) is -5.44. The van der Waals surface area contributed by atoms with E-state index in [1.54, 1.807) is 6.08 Å². The zero-order chi connectivity index (χ0) is 17.5. The molecule has 0 radical (unpaired) electrons. The first kappa shape index (κ1) is 17.4. The molecule has 1 N–H and O–H groups in total. The second-order valence-corrected chi connectivity index (χ2v) is 8.00. The van der Waals surface area contributed by atoms with Crippen molar-refractivity contribution in [1.82, 2.24) is 4.13 Å². The van der Waals surface area contributed by atoms with Crippen molar-refractivity contribution >= 4 is 31.6 Å². The van der Waals surface area contributed by atoms with Crippen LogP contribution in [-0.2, 0) is 24.8 Å². The summed E-state index contributed by atoms with van der Waals surface area (Å²) in [6, 6.07) is 4.16. The average molecular weight is 370 g/mol. The molecule has 0 saturated heterocycles. The van der Waals surface area contributed by atoms with Crippen molar-refractivity contribution in [3.05, 3.63) is 36.4 Å². The molecule has 1 aromatic carbocycles. The number of hydrogen-bond acceptors (Lipinski definition) is 5. The maximum Gasteiger partial charge on any atom is 0.512 e. The highest BCUT2D eigenvalue weighted by Crippen LogP contribution is 2.25. The Morgan fingerprint density at radius 2 is 1.61 bits per heavy atom. The fourth-order valence-electron chi connectivity index (χ4n) is 1.72. The molecule has 0 bridgehead atoms. The van der Waals surface area contributed by atoms with Gasteiger partial charge in [0.25, 0.3) is 15.9 Å². The highest BCUT2D eigenvalue weighted by Gasteiger charge is 2.48. The Bertz CT molecular complexity index is 858. The third kappa shape index (κ3) is 3.54. The molecule has 1 heterocycles. The van der Waals surface area contributed by atoms with E-state index >= 15 is 0 Å². The largest absolute Gasteiger partial charge is 0.512 e. The van der Waals surface area contributed by atoms with E-state index in [9.17, 15) is 34.8 Å². The summed E-state index contributed by atoms with van der Waals surface area (Å²) in [5, 5.41) is 0. The number of rotatable bonds is 4. The van der Waals surface area contributed by atoms with E-state index in [1.165, 1.54) is 23.1 Å². The Balaban J connectivity index is 2.27. The highest BCUT2D eigenvalue weighted by atomic mass is 32.3. The molecular weight excluding hydrogens is 361 g/mol. The molecule has 0 aliphatic carbocycles. The molecule has 0 atom stereocenters. The van der Waals surface area contributed by atoms with Crippen LogP contribution in [0.5, 0.6) is 0 Å². The number of anilines is 1. The summed E-state index contributed by atoms with van der Waals surface area (Å²) in [5.74, 6) is -0.335. The Morgan fingerprint density at radius 1 is 1.04 bits per heavy atom. The van der Waals surface area contributed by atoms with E-state index in [0.717, 1.165) is 12.1 Å². The molecule has 0 spiro atoms. The van der Waals surface area contributed by atoms with Crippen LogP contribution in [0, 0.1) is 0 Å². The lowest BCUT2D eigenvalue weighted by Gasteiger charge is -2.16. The van der Waals surface area contributed by atoms with E-state index in [0.29, 0.717) is 9.81 Å². The summed E-state index contributed by atoms with van der Waals surface area (Å²) >= 11 is 0. The van der Waals surface area contributed by atoms with Crippen LogP contribution in [0.15, 0.2) is 41.3 Å². The van der Waals surface area contributed by atoms with Crippen molar-refractivity contribution < 1.29 is 34.8 Å². The Hall–Kier alpha value is -1.92. The first-order chi connectivity index (χ1) is 10.4. The first-order valence-electron chi connectivity index (χ1n) is 5.87. The summed E-state index contributed by atoms with van der Waals surface area (Å²) < 4.78 is 82.5. The van der Waals surface area contributed by atoms with Gasteiger partial charge in [-0.1, -0.05) is 10.2 Å². The molecule has 0 saturated carbocycles. The number of halogens is 3. The topological polar surface area (TPSA) is 101 Å². The van der Waals surface area contributed by atoms with Crippen LogP contribution >= 0.6 is 0 Å². The molecule has 23 heavy (non-hydrogen) atoms. The van der Waals surface area contributed by atoms with Crippen molar-refractivity contribution in [2.24, 2.45) is 0 Å². The highest BCUT2D eigenvalue weighted by molar-refractivity contribution is 8.05. The number of alkyl halides is 3. The molecule has 0 fully saturated rings. The van der Waals surface area contributed by atoms with E-state index in [4.69, 9.17) is 0 Å². The van der Waals surface area contributed by atoms with Gasteiger partial charge >= 0.3 is 15.5 Å². The zero-order valence-electron chi connectivity index (χ0n) is 11.1. The standard InChI is InChI=1S/C11H9F3N2O5S2/c12-11(13,14)23(20,21)15-22(18,19)9-5-3-8(4-6-9)16-7-1-2-10(16)17/h1-6,15H,7H2. The van der Waals surface area contributed by atoms with Gasteiger partial charge in [0.05, 0.1) is 4.90 Å². The van der Waals surface area contributed by atoms with Gasteiger partial charge in [0, 0.05) is 18.3 Å². The number of benzene rings is 1. The molecular formula is C11H9F3N2O5S2. The second-order valence-electron chi connectivity index (χ2n) is 4.38.